The molecule has 0 spiro atoms. The maximum Gasteiger partial charge on any atom is 0.410 e. The lowest BCUT2D eigenvalue weighted by Gasteiger charge is -2.19. The van der Waals surface area contributed by atoms with E-state index in [1.165, 1.54) is 12.1 Å². The quantitative estimate of drug-likeness (QED) is 0.205. The van der Waals surface area contributed by atoms with Crippen LogP contribution < -0.4 is 0 Å². The van der Waals surface area contributed by atoms with E-state index >= 15 is 0 Å². The van der Waals surface area contributed by atoms with E-state index in [1.54, 1.807) is 6.08 Å². The molecule has 1 saturated carbocycles. The number of ether oxygens (including phenoxy) is 1. The van der Waals surface area contributed by atoms with Gasteiger partial charge in [0.1, 0.15) is 12.5 Å². The minimum absolute atomic E-state index is 0.00417. The first-order chi connectivity index (χ1) is 12.6. The zero-order chi connectivity index (χ0) is 21.7. The third-order valence-corrected chi connectivity index (χ3v) is 6.47. The maximum atomic E-state index is 13.1. The molecule has 0 saturated heterocycles. The Kier molecular flexibility index (Phi) is 6.24. The number of allylic oxidation sites excluding steroid dienone is 1. The smallest absolute Gasteiger partial charge is 0.410 e. The van der Waals surface area contributed by atoms with E-state index in [0.29, 0.717) is 12.0 Å². The Balaban J connectivity index is 2.25. The number of rotatable bonds is 5. The molecule has 1 aliphatic rings. The van der Waals surface area contributed by atoms with Crippen LogP contribution in [0, 0.1) is 5.92 Å². The first-order valence-corrected chi connectivity index (χ1v) is 8.89. The highest BCUT2D eigenvalue weighted by Crippen LogP contribution is 2.75. The minimum atomic E-state index is -5.61. The molecule has 2 atom stereocenters. The van der Waals surface area contributed by atoms with E-state index in [4.69, 9.17) is 46.4 Å². The Bertz CT molecular complexity index is 760. The highest BCUT2D eigenvalue weighted by atomic mass is 35.5. The Hall–Kier alpha value is -0.830. The molecule has 0 amide bonds. The van der Waals surface area contributed by atoms with Crippen LogP contribution in [0.25, 0.3) is 0 Å². The van der Waals surface area contributed by atoms with Crippen LogP contribution in [0.15, 0.2) is 24.8 Å². The van der Waals surface area contributed by atoms with E-state index < -0.39 is 40.6 Å². The fraction of sp³-hybridized carbons (Fsp3) is 0.438. The van der Waals surface area contributed by atoms with Gasteiger partial charge in [-0.05, 0) is 24.1 Å². The third kappa shape index (κ3) is 3.57. The van der Waals surface area contributed by atoms with Crippen molar-refractivity contribution in [3.8, 4) is 0 Å². The van der Waals surface area contributed by atoms with Crippen molar-refractivity contribution in [3.05, 3.63) is 46.0 Å². The zero-order valence-corrected chi connectivity index (χ0v) is 16.6. The zero-order valence-electron chi connectivity index (χ0n) is 13.5. The second-order valence-electron chi connectivity index (χ2n) is 5.99. The summed E-state index contributed by atoms with van der Waals surface area (Å²) < 4.78 is 83.2. The van der Waals surface area contributed by atoms with Crippen molar-refractivity contribution in [2.45, 2.75) is 35.1 Å². The average Bonchev–Trinajstić information content (AvgIpc) is 3.06. The van der Waals surface area contributed by atoms with Gasteiger partial charge in [0.2, 0.25) is 0 Å². The van der Waals surface area contributed by atoms with Crippen LogP contribution in [0.4, 0.5) is 26.3 Å². The van der Waals surface area contributed by atoms with Crippen molar-refractivity contribution < 1.29 is 35.9 Å². The van der Waals surface area contributed by atoms with Crippen LogP contribution in [0.5, 0.6) is 0 Å². The largest absolute Gasteiger partial charge is 0.460 e. The first-order valence-electron chi connectivity index (χ1n) is 7.38. The Morgan fingerprint density at radius 1 is 1.07 bits per heavy atom. The molecule has 1 fully saturated rings. The predicted octanol–water partition coefficient (Wildman–Crippen LogP) is 6.47. The van der Waals surface area contributed by atoms with Crippen LogP contribution in [0.2, 0.25) is 10.0 Å². The summed E-state index contributed by atoms with van der Waals surface area (Å²) in [6.45, 7) is 2.76. The summed E-state index contributed by atoms with van der Waals surface area (Å²) in [5.74, 6) is -4.76. The second kappa shape index (κ2) is 7.45. The SMILES string of the molecule is C=CCc1cc(Cl)c(COC(=O)C2C(Cl)(C(F)(F)F)C2(Cl)C(F)(F)F)c(Cl)c1. The second-order valence-corrected chi connectivity index (χ2v) is 8.00. The highest BCUT2D eigenvalue weighted by Gasteiger charge is 2.98. The summed E-state index contributed by atoms with van der Waals surface area (Å²) in [6.07, 6.45) is -9.26. The molecule has 0 N–H and O–H groups in total. The maximum absolute atomic E-state index is 13.1. The fourth-order valence-corrected chi connectivity index (χ4v) is 4.30. The summed E-state index contributed by atoms with van der Waals surface area (Å²) in [7, 11) is 0. The summed E-state index contributed by atoms with van der Waals surface area (Å²) in [6, 6.07) is 2.89. The van der Waals surface area contributed by atoms with Gasteiger partial charge in [0.05, 0.1) is 0 Å². The lowest BCUT2D eigenvalue weighted by atomic mass is 10.1. The van der Waals surface area contributed by atoms with E-state index in [0.717, 1.165) is 0 Å². The summed E-state index contributed by atoms with van der Waals surface area (Å²) >= 11 is 22.2. The van der Waals surface area contributed by atoms with Gasteiger partial charge < -0.3 is 4.74 Å². The van der Waals surface area contributed by atoms with E-state index in [2.05, 4.69) is 11.3 Å². The summed E-state index contributed by atoms with van der Waals surface area (Å²) in [4.78, 5) is 3.92. The molecule has 1 aliphatic carbocycles. The van der Waals surface area contributed by atoms with Gasteiger partial charge in [0.25, 0.3) is 0 Å². The van der Waals surface area contributed by atoms with Crippen LogP contribution in [-0.2, 0) is 22.6 Å². The number of benzene rings is 1. The van der Waals surface area contributed by atoms with Gasteiger partial charge in [-0.1, -0.05) is 29.3 Å². The first kappa shape index (κ1) is 23.4. The fourth-order valence-electron chi connectivity index (χ4n) is 2.78. The van der Waals surface area contributed by atoms with E-state index in [1.807, 2.05) is 0 Å². The number of halogens is 10. The average molecular weight is 490 g/mol. The Morgan fingerprint density at radius 3 is 1.86 bits per heavy atom. The van der Waals surface area contributed by atoms with Crippen molar-refractivity contribution in [1.29, 1.82) is 0 Å². The number of esters is 1. The Morgan fingerprint density at radius 2 is 1.50 bits per heavy atom. The molecule has 28 heavy (non-hydrogen) atoms. The summed E-state index contributed by atoms with van der Waals surface area (Å²) in [5, 5.41) is 0.0164. The molecule has 0 aliphatic heterocycles. The molecule has 0 heterocycles. The number of hydrogen-bond acceptors (Lipinski definition) is 2. The normalized spacial score (nSPS) is 27.4. The summed E-state index contributed by atoms with van der Waals surface area (Å²) in [5.41, 5.74) is 0.653. The van der Waals surface area contributed by atoms with Gasteiger partial charge >= 0.3 is 18.3 Å². The van der Waals surface area contributed by atoms with Gasteiger partial charge in [0, 0.05) is 15.6 Å². The van der Waals surface area contributed by atoms with Crippen LogP contribution in [0.3, 0.4) is 0 Å². The van der Waals surface area contributed by atoms with Crippen LogP contribution in [0.1, 0.15) is 11.1 Å². The molecule has 2 nitrogen and oxygen atoms in total. The molecule has 12 heteroatoms. The van der Waals surface area contributed by atoms with Gasteiger partial charge in [-0.3, -0.25) is 4.79 Å². The number of carbonyl (C=O) groups excluding carboxylic acids is 1. The Labute approximate surface area is 175 Å². The third-order valence-electron chi connectivity index (χ3n) is 4.24. The van der Waals surface area contributed by atoms with Gasteiger partial charge in [-0.25, -0.2) is 0 Å². The van der Waals surface area contributed by atoms with Crippen molar-refractivity contribution in [3.63, 3.8) is 0 Å². The molecule has 156 valence electrons. The standard InChI is InChI=1S/C16H10Cl4F6O2/c1-2-3-7-4-9(17)8(10(18)5-7)6-28-12(27)11-13(19,15(21,22)23)14(11,20)16(24,25)26/h2,4-5,11H,1,3,6H2. The minimum Gasteiger partial charge on any atom is -0.460 e. The van der Waals surface area contributed by atoms with Crippen molar-refractivity contribution in [1.82, 2.24) is 0 Å². The number of alkyl halides is 8. The number of hydrogen-bond donors (Lipinski definition) is 0. The molecular weight excluding hydrogens is 480 g/mol. The number of carbonyl (C=O) groups is 1. The van der Waals surface area contributed by atoms with Gasteiger partial charge in [-0.2, -0.15) is 26.3 Å². The van der Waals surface area contributed by atoms with E-state index in [9.17, 15) is 31.1 Å². The van der Waals surface area contributed by atoms with Crippen molar-refractivity contribution >= 4 is 52.4 Å². The monoisotopic (exact) mass is 488 g/mol. The molecule has 0 aromatic heterocycles. The van der Waals surface area contributed by atoms with Gasteiger partial charge in [-0.15, -0.1) is 29.8 Å². The molecule has 1 aromatic rings. The predicted molar refractivity (Wildman–Crippen MR) is 92.9 cm³/mol. The van der Waals surface area contributed by atoms with E-state index in [-0.39, 0.29) is 15.6 Å². The molecule has 1 aromatic carbocycles. The molecule has 2 rings (SSSR count). The molecular formula is C16H10Cl4F6O2. The van der Waals surface area contributed by atoms with Crippen molar-refractivity contribution in [2.75, 3.05) is 0 Å². The lowest BCUT2D eigenvalue weighted by molar-refractivity contribution is -0.176. The van der Waals surface area contributed by atoms with Gasteiger partial charge in [0.15, 0.2) is 9.75 Å². The topological polar surface area (TPSA) is 26.3 Å². The van der Waals surface area contributed by atoms with Crippen LogP contribution >= 0.6 is 46.4 Å². The van der Waals surface area contributed by atoms with Crippen LogP contribution in [-0.4, -0.2) is 28.1 Å². The van der Waals surface area contributed by atoms with Crippen molar-refractivity contribution in [2.24, 2.45) is 5.92 Å². The molecule has 0 radical (unpaired) electrons. The molecule has 0 bridgehead atoms. The molecule has 2 unspecified atom stereocenters. The highest BCUT2D eigenvalue weighted by molar-refractivity contribution is 6.43. The lowest BCUT2D eigenvalue weighted by Crippen LogP contribution is -2.40.